The second-order valence-electron chi connectivity index (χ2n) is 11.1. The molecule has 0 radical (unpaired) electrons. The number of fused-ring (bicyclic) bond motifs is 3. The molecule has 4 aromatic carbocycles. The summed E-state index contributed by atoms with van der Waals surface area (Å²) >= 11 is 0. The Morgan fingerprint density at radius 2 is 1.04 bits per heavy atom. The number of ether oxygens (including phenoxy) is 2. The Hall–Kier alpha value is -4.96. The smallest absolute Gasteiger partial charge is 0.503 e. The van der Waals surface area contributed by atoms with Crippen LogP contribution in [0.4, 0.5) is 0 Å². The molecule has 8 rings (SSSR count). The number of aromatic nitrogens is 5. The fourth-order valence-electron chi connectivity index (χ4n) is 5.62. The van der Waals surface area contributed by atoms with Crippen LogP contribution in [0, 0.1) is 24.3 Å². The van der Waals surface area contributed by atoms with Gasteiger partial charge in [0.05, 0.1) is 0 Å². The van der Waals surface area contributed by atoms with Crippen molar-refractivity contribution in [2.75, 3.05) is 0 Å². The summed E-state index contributed by atoms with van der Waals surface area (Å²) in [5.41, 5.74) is 5.91. The summed E-state index contributed by atoms with van der Waals surface area (Å²) in [6, 6.07) is 44.5. The summed E-state index contributed by atoms with van der Waals surface area (Å²) in [4.78, 5) is 18.4. The first-order valence-electron chi connectivity index (χ1n) is 15.7. The fourth-order valence-corrected chi connectivity index (χ4v) is 5.62. The van der Waals surface area contributed by atoms with Crippen molar-refractivity contribution in [1.29, 1.82) is 0 Å². The van der Waals surface area contributed by atoms with Gasteiger partial charge >= 0.3 is 42.1 Å². The molecule has 0 aliphatic heterocycles. The zero-order valence-electron chi connectivity index (χ0n) is 26.6. The van der Waals surface area contributed by atoms with Crippen molar-refractivity contribution in [3.63, 3.8) is 0 Å². The van der Waals surface area contributed by atoms with Crippen LogP contribution in [0.15, 0.2) is 122 Å². The Labute approximate surface area is 318 Å². The average Bonchev–Trinajstić information content (AvgIpc) is 3.46. The molecule has 9 heteroatoms. The van der Waals surface area contributed by atoms with Crippen molar-refractivity contribution >= 4 is 21.8 Å². The average molecular weight is 1010 g/mol. The van der Waals surface area contributed by atoms with Gasteiger partial charge in [0.2, 0.25) is 5.95 Å². The first kappa shape index (κ1) is 34.9. The molecule has 248 valence electrons. The van der Waals surface area contributed by atoms with Crippen molar-refractivity contribution in [3.8, 4) is 51.5 Å². The number of hydrogen-bond acceptors (Lipinski definition) is 6. The predicted molar refractivity (Wildman–Crippen MR) is 185 cm³/mol. The first-order valence-corrected chi connectivity index (χ1v) is 15.7. The molecule has 0 spiro atoms. The van der Waals surface area contributed by atoms with Crippen LogP contribution in [0.1, 0.15) is 18.9 Å². The number of nitrogens with zero attached hydrogens (tertiary/aromatic N) is 5. The van der Waals surface area contributed by atoms with Crippen LogP contribution < -0.4 is 9.47 Å². The molecule has 0 bridgehead atoms. The van der Waals surface area contributed by atoms with Gasteiger partial charge in [0.15, 0.2) is 0 Å². The maximum absolute atomic E-state index is 6.30. The molecule has 0 fully saturated rings. The normalized spacial score (nSPS) is 10.7. The van der Waals surface area contributed by atoms with Crippen molar-refractivity contribution in [3.05, 3.63) is 152 Å². The summed E-state index contributed by atoms with van der Waals surface area (Å²) in [6.45, 7) is 2.14. The number of hydrogen-bond donors (Lipinski definition) is 0. The van der Waals surface area contributed by atoms with Crippen molar-refractivity contribution in [2.24, 2.45) is 0 Å². The number of rotatable bonds is 9. The van der Waals surface area contributed by atoms with Crippen molar-refractivity contribution in [2.45, 2.75) is 19.8 Å². The van der Waals surface area contributed by atoms with E-state index in [2.05, 4.69) is 41.2 Å². The molecule has 4 aromatic heterocycles. The predicted octanol–water partition coefficient (Wildman–Crippen LogP) is 9.43. The number of aryl methyl sites for hydroxylation is 1. The van der Waals surface area contributed by atoms with Crippen LogP contribution in [0.5, 0.6) is 23.0 Å². The third-order valence-electron chi connectivity index (χ3n) is 7.82. The zero-order chi connectivity index (χ0) is 32.3. The van der Waals surface area contributed by atoms with Gasteiger partial charge in [0.1, 0.15) is 0 Å². The third-order valence-corrected chi connectivity index (χ3v) is 7.82. The monoisotopic (exact) mass is 1010 g/mol. The maximum atomic E-state index is 6.30. The Morgan fingerprint density at radius 3 is 1.50 bits per heavy atom. The quantitative estimate of drug-likeness (QED) is 0.134. The fraction of sp³-hybridized carbons (Fsp3) is 0.0732. The Morgan fingerprint density at radius 1 is 0.540 bits per heavy atom. The van der Waals surface area contributed by atoms with E-state index in [4.69, 9.17) is 19.4 Å². The van der Waals surface area contributed by atoms with E-state index < -0.39 is 0 Å². The third kappa shape index (κ3) is 7.30. The molecular weight excluding hydrogens is 985 g/mol. The second kappa shape index (κ2) is 15.7. The SMILES string of the molecule is CCCc1cnc(-n2c3[c-]c(Oc4[c-]c(-c5ccccn5)ccc4)ccc3c3ccc(Oc4[c-]c(-c5ccccn5)ccc4)[c-]c32)nc1.[Pt+2].[Pt+2]. The molecule has 0 unspecified atom stereocenters. The largest absolute Gasteiger partial charge is 2.00 e. The molecular formula is C41H27N5O2Pt2. The molecule has 4 heterocycles. The Bertz CT molecular complexity index is 2220. The standard InChI is InChI=1S/C41H27N5O2.2Pt/c1-2-9-28-26-44-41(45-27-28)46-39-24-33(47-31-12-7-10-29(22-31)37-14-3-5-20-42-37)16-18-35(39)36-19-17-34(25-40(36)46)48-32-13-8-11-30(23-32)38-15-4-6-21-43-38;;/h3-8,10-21,26-27H,2,9H2,1H3;;/q-4;2*+2. The Kier molecular flexibility index (Phi) is 11.0. The summed E-state index contributed by atoms with van der Waals surface area (Å²) in [7, 11) is 0. The number of benzene rings is 4. The minimum Gasteiger partial charge on any atom is -0.503 e. The molecule has 0 atom stereocenters. The van der Waals surface area contributed by atoms with Gasteiger partial charge in [-0.3, -0.25) is 0 Å². The minimum absolute atomic E-state index is 0. The van der Waals surface area contributed by atoms with E-state index in [0.717, 1.165) is 62.7 Å². The van der Waals surface area contributed by atoms with Crippen LogP contribution in [0.3, 0.4) is 0 Å². The maximum Gasteiger partial charge on any atom is 2.00 e. The van der Waals surface area contributed by atoms with Crippen LogP contribution in [0.25, 0.3) is 50.3 Å². The van der Waals surface area contributed by atoms with Crippen LogP contribution in [-0.2, 0) is 48.6 Å². The van der Waals surface area contributed by atoms with E-state index >= 15 is 0 Å². The van der Waals surface area contributed by atoms with Gasteiger partial charge in [-0.05, 0) is 35.5 Å². The van der Waals surface area contributed by atoms with Gasteiger partial charge in [0, 0.05) is 47.8 Å². The molecule has 0 saturated heterocycles. The van der Waals surface area contributed by atoms with E-state index in [-0.39, 0.29) is 42.1 Å². The van der Waals surface area contributed by atoms with Crippen LogP contribution >= 0.6 is 0 Å². The second-order valence-corrected chi connectivity index (χ2v) is 11.1. The summed E-state index contributed by atoms with van der Waals surface area (Å²) < 4.78 is 14.5. The van der Waals surface area contributed by atoms with E-state index in [0.29, 0.717) is 28.9 Å². The molecule has 0 aliphatic rings. The molecule has 0 N–H and O–H groups in total. The van der Waals surface area contributed by atoms with Gasteiger partial charge in [-0.15, -0.1) is 71.8 Å². The molecule has 50 heavy (non-hydrogen) atoms. The van der Waals surface area contributed by atoms with Gasteiger partial charge in [-0.2, -0.15) is 22.9 Å². The molecule has 0 amide bonds. The molecule has 8 aromatic rings. The zero-order valence-corrected chi connectivity index (χ0v) is 31.2. The first-order chi connectivity index (χ1) is 23.7. The topological polar surface area (TPSA) is 75.0 Å². The molecule has 0 aliphatic carbocycles. The van der Waals surface area contributed by atoms with Gasteiger partial charge in [-0.25, -0.2) is 9.97 Å². The van der Waals surface area contributed by atoms with Gasteiger partial charge < -0.3 is 24.0 Å². The van der Waals surface area contributed by atoms with Crippen LogP contribution in [0.2, 0.25) is 0 Å². The number of pyridine rings is 2. The minimum atomic E-state index is 0. The Balaban J connectivity index is 0.00000216. The van der Waals surface area contributed by atoms with Gasteiger partial charge in [0.25, 0.3) is 0 Å². The summed E-state index contributed by atoms with van der Waals surface area (Å²) in [5, 5.41) is 1.91. The summed E-state index contributed by atoms with van der Waals surface area (Å²) in [5.74, 6) is 2.68. The molecule has 7 nitrogen and oxygen atoms in total. The van der Waals surface area contributed by atoms with Gasteiger partial charge in [-0.1, -0.05) is 60.8 Å². The summed E-state index contributed by atoms with van der Waals surface area (Å²) in [6.07, 6.45) is 9.20. The van der Waals surface area contributed by atoms with Crippen molar-refractivity contribution < 1.29 is 51.6 Å². The van der Waals surface area contributed by atoms with E-state index in [1.54, 1.807) is 12.4 Å². The van der Waals surface area contributed by atoms with E-state index in [9.17, 15) is 0 Å². The van der Waals surface area contributed by atoms with E-state index in [1.807, 2.05) is 114 Å². The molecule has 0 saturated carbocycles. The van der Waals surface area contributed by atoms with Crippen molar-refractivity contribution in [1.82, 2.24) is 24.5 Å². The van der Waals surface area contributed by atoms with E-state index in [1.165, 1.54) is 0 Å². The van der Waals surface area contributed by atoms with Crippen LogP contribution in [-0.4, -0.2) is 24.5 Å².